The highest BCUT2D eigenvalue weighted by molar-refractivity contribution is 4.95. The van der Waals surface area contributed by atoms with E-state index in [1.165, 1.54) is 44.9 Å². The highest BCUT2D eigenvalue weighted by Gasteiger charge is 2.44. The molecule has 0 heteroatoms. The van der Waals surface area contributed by atoms with Gasteiger partial charge in [0.2, 0.25) is 0 Å². The quantitative estimate of drug-likeness (QED) is 0.513. The monoisotopic (exact) mass is 222 g/mol. The number of hydrogen-bond acceptors (Lipinski definition) is 0. The summed E-state index contributed by atoms with van der Waals surface area (Å²) in [4.78, 5) is 0. The van der Waals surface area contributed by atoms with Gasteiger partial charge in [0, 0.05) is 0 Å². The molecule has 0 aromatic carbocycles. The lowest BCUT2D eigenvalue weighted by Gasteiger charge is -2.47. The Kier molecular flexibility index (Phi) is 2.92. The predicted octanol–water partition coefficient (Wildman–Crippen LogP) is 5.42. The summed E-state index contributed by atoms with van der Waals surface area (Å²) in [6, 6.07) is 0. The molecule has 0 aromatic heterocycles. The molecule has 0 amide bonds. The smallest absolute Gasteiger partial charge is 0.0300 e. The van der Waals surface area contributed by atoms with Gasteiger partial charge in [0.05, 0.1) is 0 Å². The lowest BCUT2D eigenvalue weighted by molar-refractivity contribution is 0.0356. The van der Waals surface area contributed by atoms with E-state index in [0.717, 1.165) is 5.92 Å². The Morgan fingerprint density at radius 1 is 0.750 bits per heavy atom. The summed E-state index contributed by atoms with van der Waals surface area (Å²) in [7, 11) is 0. The lowest BCUT2D eigenvalue weighted by atomic mass is 9.58. The first-order chi connectivity index (χ1) is 7.25. The minimum atomic E-state index is 0.580. The molecule has 0 spiro atoms. The summed E-state index contributed by atoms with van der Waals surface area (Å²) < 4.78 is 0. The van der Waals surface area contributed by atoms with Gasteiger partial charge >= 0.3 is 0 Å². The van der Waals surface area contributed by atoms with Gasteiger partial charge < -0.3 is 0 Å². The minimum Gasteiger partial charge on any atom is -0.0620 e. The summed E-state index contributed by atoms with van der Waals surface area (Å²) in [5.41, 5.74) is 1.87. The predicted molar refractivity (Wildman–Crippen MR) is 71.5 cm³/mol. The molecule has 0 N–H and O–H groups in total. The van der Waals surface area contributed by atoms with Gasteiger partial charge in [0.15, 0.2) is 0 Å². The molecule has 3 saturated carbocycles. The van der Waals surface area contributed by atoms with E-state index in [0.29, 0.717) is 16.2 Å². The molecule has 0 radical (unpaired) electrons. The van der Waals surface area contributed by atoms with Crippen LogP contribution in [-0.4, -0.2) is 0 Å². The van der Waals surface area contributed by atoms with Gasteiger partial charge in [-0.1, -0.05) is 34.6 Å². The van der Waals surface area contributed by atoms with Crippen LogP contribution >= 0.6 is 0 Å². The molecule has 16 heavy (non-hydrogen) atoms. The third-order valence-corrected chi connectivity index (χ3v) is 6.07. The fraction of sp³-hybridized carbons (Fsp3) is 1.00. The van der Waals surface area contributed by atoms with Crippen molar-refractivity contribution in [3.63, 3.8) is 0 Å². The Bertz CT molecular complexity index is 265. The molecule has 0 aliphatic heterocycles. The minimum absolute atomic E-state index is 0.580. The van der Waals surface area contributed by atoms with Crippen LogP contribution in [0, 0.1) is 22.2 Å². The van der Waals surface area contributed by atoms with Crippen molar-refractivity contribution in [2.75, 3.05) is 0 Å². The zero-order chi connectivity index (χ0) is 12.0. The standard InChI is InChI=1S/C16H30/c1-13-12-15(4)8-6-14(2,3)7-10-16(13,5)11-9-15/h13H,6-12H2,1-5H3. The maximum atomic E-state index is 2.55. The van der Waals surface area contributed by atoms with E-state index in [-0.39, 0.29) is 0 Å². The van der Waals surface area contributed by atoms with Crippen molar-refractivity contribution in [1.29, 1.82) is 0 Å². The van der Waals surface area contributed by atoms with Crippen LogP contribution in [0.1, 0.15) is 79.6 Å². The van der Waals surface area contributed by atoms with Crippen molar-refractivity contribution in [2.24, 2.45) is 22.2 Å². The second-order valence-corrected chi connectivity index (χ2v) is 8.23. The summed E-state index contributed by atoms with van der Waals surface area (Å²) in [6.45, 7) is 12.6. The Morgan fingerprint density at radius 3 is 1.88 bits per heavy atom. The molecule has 3 aliphatic carbocycles. The van der Waals surface area contributed by atoms with Crippen LogP contribution in [0.5, 0.6) is 0 Å². The summed E-state index contributed by atoms with van der Waals surface area (Å²) in [5.74, 6) is 0.931. The van der Waals surface area contributed by atoms with E-state index in [2.05, 4.69) is 34.6 Å². The molecule has 3 rings (SSSR count). The highest BCUT2D eigenvalue weighted by Crippen LogP contribution is 2.56. The zero-order valence-corrected chi connectivity index (χ0v) is 12.0. The van der Waals surface area contributed by atoms with Gasteiger partial charge in [-0.15, -0.1) is 0 Å². The molecular formula is C16H30. The normalized spacial score (nSPS) is 48.2. The molecule has 3 fully saturated rings. The first kappa shape index (κ1) is 12.5. The van der Waals surface area contributed by atoms with E-state index in [1.807, 2.05) is 0 Å². The highest BCUT2D eigenvalue weighted by atomic mass is 14.5. The SMILES string of the molecule is CC1CC2(C)CCC(C)(C)CCC1(C)CC2. The average Bonchev–Trinajstić information content (AvgIpc) is 2.25. The van der Waals surface area contributed by atoms with E-state index >= 15 is 0 Å². The Morgan fingerprint density at radius 2 is 1.25 bits per heavy atom. The van der Waals surface area contributed by atoms with Crippen LogP contribution in [0.25, 0.3) is 0 Å². The summed E-state index contributed by atoms with van der Waals surface area (Å²) >= 11 is 0. The maximum Gasteiger partial charge on any atom is -0.0300 e. The molecule has 94 valence electrons. The number of fused-ring (bicyclic) bond motifs is 6. The van der Waals surface area contributed by atoms with Gasteiger partial charge in [-0.05, 0) is 67.1 Å². The lowest BCUT2D eigenvalue weighted by Crippen LogP contribution is -2.36. The largest absolute Gasteiger partial charge is 0.0620 e. The second kappa shape index (κ2) is 3.75. The van der Waals surface area contributed by atoms with Gasteiger partial charge in [0.1, 0.15) is 0 Å². The second-order valence-electron chi connectivity index (χ2n) is 8.23. The zero-order valence-electron chi connectivity index (χ0n) is 12.0. The van der Waals surface area contributed by atoms with Crippen molar-refractivity contribution in [1.82, 2.24) is 0 Å². The van der Waals surface area contributed by atoms with E-state index in [1.54, 1.807) is 0 Å². The molecular weight excluding hydrogens is 192 g/mol. The molecule has 3 aliphatic rings. The molecule has 0 aromatic rings. The Labute approximate surface area is 102 Å². The number of rotatable bonds is 0. The fourth-order valence-corrected chi connectivity index (χ4v) is 3.91. The topological polar surface area (TPSA) is 0 Å². The van der Waals surface area contributed by atoms with Crippen molar-refractivity contribution in [3.8, 4) is 0 Å². The van der Waals surface area contributed by atoms with E-state index < -0.39 is 0 Å². The van der Waals surface area contributed by atoms with Crippen molar-refractivity contribution in [3.05, 3.63) is 0 Å². The van der Waals surface area contributed by atoms with Gasteiger partial charge in [-0.25, -0.2) is 0 Å². The molecule has 0 heterocycles. The first-order valence-corrected chi connectivity index (χ1v) is 7.25. The van der Waals surface area contributed by atoms with Crippen molar-refractivity contribution < 1.29 is 0 Å². The summed E-state index contributed by atoms with van der Waals surface area (Å²) in [6.07, 6.45) is 10.2. The van der Waals surface area contributed by atoms with Crippen LogP contribution in [-0.2, 0) is 0 Å². The van der Waals surface area contributed by atoms with Gasteiger partial charge in [0.25, 0.3) is 0 Å². The molecule has 0 nitrogen and oxygen atoms in total. The van der Waals surface area contributed by atoms with Crippen LogP contribution in [0.3, 0.4) is 0 Å². The molecule has 3 unspecified atom stereocenters. The van der Waals surface area contributed by atoms with Crippen LogP contribution in [0.2, 0.25) is 0 Å². The Hall–Kier alpha value is 0. The number of hydrogen-bond donors (Lipinski definition) is 0. The van der Waals surface area contributed by atoms with E-state index in [9.17, 15) is 0 Å². The van der Waals surface area contributed by atoms with Crippen LogP contribution < -0.4 is 0 Å². The first-order valence-electron chi connectivity index (χ1n) is 7.25. The summed E-state index contributed by atoms with van der Waals surface area (Å²) in [5, 5.41) is 0. The molecule has 2 bridgehead atoms. The molecule has 0 saturated heterocycles. The van der Waals surface area contributed by atoms with Crippen LogP contribution in [0.15, 0.2) is 0 Å². The molecule has 3 atom stereocenters. The van der Waals surface area contributed by atoms with Crippen molar-refractivity contribution >= 4 is 0 Å². The van der Waals surface area contributed by atoms with Crippen LogP contribution in [0.4, 0.5) is 0 Å². The van der Waals surface area contributed by atoms with Gasteiger partial charge in [-0.2, -0.15) is 0 Å². The maximum absolute atomic E-state index is 2.55. The Balaban J connectivity index is 2.24. The average molecular weight is 222 g/mol. The van der Waals surface area contributed by atoms with Crippen molar-refractivity contribution in [2.45, 2.75) is 79.6 Å². The third-order valence-electron chi connectivity index (χ3n) is 6.07. The van der Waals surface area contributed by atoms with E-state index in [4.69, 9.17) is 0 Å². The fourth-order valence-electron chi connectivity index (χ4n) is 3.91. The third kappa shape index (κ3) is 2.31. The van der Waals surface area contributed by atoms with Gasteiger partial charge in [-0.3, -0.25) is 0 Å².